The topological polar surface area (TPSA) is 49.5 Å². The molecule has 0 bridgehead atoms. The average molecular weight is 304 g/mol. The van der Waals surface area contributed by atoms with Crippen LogP contribution in [0, 0.1) is 0 Å². The van der Waals surface area contributed by atoms with Gasteiger partial charge in [-0.1, -0.05) is 19.1 Å². The Balaban J connectivity index is 2.18. The van der Waals surface area contributed by atoms with Crippen LogP contribution in [-0.4, -0.2) is 55.6 Å². The summed E-state index contributed by atoms with van der Waals surface area (Å²) in [6, 6.07) is 0.792. The van der Waals surface area contributed by atoms with Gasteiger partial charge in [0.25, 0.3) is 0 Å². The lowest BCUT2D eigenvalue weighted by atomic mass is 10.2. The summed E-state index contributed by atoms with van der Waals surface area (Å²) in [7, 11) is 2.50. The quantitative estimate of drug-likeness (QED) is 0.315. The van der Waals surface area contributed by atoms with Gasteiger partial charge in [0.05, 0.1) is 19.3 Å². The fourth-order valence-corrected chi connectivity index (χ4v) is 3.57. The maximum absolute atomic E-state index is 5.78. The second-order valence-corrected chi connectivity index (χ2v) is 7.95. The van der Waals surface area contributed by atoms with Crippen molar-refractivity contribution in [1.29, 1.82) is 0 Å². The number of epoxide rings is 1. The average Bonchev–Trinajstić information content (AvgIpc) is 3.31. The molecule has 5 nitrogen and oxygen atoms in total. The van der Waals surface area contributed by atoms with Gasteiger partial charge in [-0.25, -0.2) is 0 Å². The molecule has 0 amide bonds. The third-order valence-corrected chi connectivity index (χ3v) is 6.26. The van der Waals surface area contributed by atoms with E-state index < -0.39 is 8.80 Å². The second-order valence-electron chi connectivity index (χ2n) is 4.86. The Kier molecular flexibility index (Phi) is 8.59. The zero-order chi connectivity index (χ0) is 14.8. The molecule has 0 aromatic carbocycles. The minimum atomic E-state index is -2.42. The van der Waals surface area contributed by atoms with Crippen LogP contribution in [0.2, 0.25) is 6.04 Å². The standard InChI is InChI=1S/C14H28O5Si/c1-5-13(18-11-14-12-19-14)9-7-6-8-10-20(15-2,16-3)17-4/h6-7,13-14H,5,8-12H2,1-4H3. The van der Waals surface area contributed by atoms with Gasteiger partial charge in [0.1, 0.15) is 6.10 Å². The van der Waals surface area contributed by atoms with E-state index >= 15 is 0 Å². The van der Waals surface area contributed by atoms with Crippen molar-refractivity contribution in [2.45, 2.75) is 44.4 Å². The van der Waals surface area contributed by atoms with E-state index in [4.69, 9.17) is 22.8 Å². The lowest BCUT2D eigenvalue weighted by Crippen LogP contribution is -2.42. The van der Waals surface area contributed by atoms with Gasteiger partial charge in [-0.2, -0.15) is 0 Å². The van der Waals surface area contributed by atoms with Gasteiger partial charge in [0.2, 0.25) is 0 Å². The fourth-order valence-electron chi connectivity index (χ4n) is 1.94. The van der Waals surface area contributed by atoms with Crippen molar-refractivity contribution in [2.75, 3.05) is 34.5 Å². The number of allylic oxidation sites excluding steroid dienone is 1. The SMILES string of the molecule is CCC(CC=CCC[Si](OC)(OC)OC)OCC1CO1. The van der Waals surface area contributed by atoms with Crippen molar-refractivity contribution >= 4 is 8.80 Å². The minimum absolute atomic E-state index is 0.282. The normalized spacial score (nSPS) is 20.5. The van der Waals surface area contributed by atoms with Crippen molar-refractivity contribution in [3.05, 3.63) is 12.2 Å². The van der Waals surface area contributed by atoms with E-state index in [0.29, 0.717) is 6.10 Å². The highest BCUT2D eigenvalue weighted by atomic mass is 28.4. The van der Waals surface area contributed by atoms with Crippen LogP contribution in [0.4, 0.5) is 0 Å². The van der Waals surface area contributed by atoms with E-state index in [0.717, 1.165) is 38.5 Å². The van der Waals surface area contributed by atoms with E-state index in [2.05, 4.69) is 19.1 Å². The summed E-state index contributed by atoms with van der Waals surface area (Å²) in [6.07, 6.45) is 7.79. The zero-order valence-electron chi connectivity index (χ0n) is 13.1. The summed E-state index contributed by atoms with van der Waals surface area (Å²) in [4.78, 5) is 0. The van der Waals surface area contributed by atoms with E-state index in [9.17, 15) is 0 Å². The molecule has 0 radical (unpaired) electrons. The van der Waals surface area contributed by atoms with Crippen LogP contribution in [0.5, 0.6) is 0 Å². The lowest BCUT2D eigenvalue weighted by molar-refractivity contribution is 0.0423. The Morgan fingerprint density at radius 2 is 1.85 bits per heavy atom. The molecule has 6 heteroatoms. The van der Waals surface area contributed by atoms with Crippen molar-refractivity contribution in [1.82, 2.24) is 0 Å². The number of hydrogen-bond acceptors (Lipinski definition) is 5. The summed E-state index contributed by atoms with van der Waals surface area (Å²) in [5.74, 6) is 0. The van der Waals surface area contributed by atoms with Crippen LogP contribution in [-0.2, 0) is 22.8 Å². The molecule has 0 spiro atoms. The van der Waals surface area contributed by atoms with E-state index in [-0.39, 0.29) is 6.10 Å². The Hall–Kier alpha value is -0.243. The summed E-state index contributed by atoms with van der Waals surface area (Å²) in [6.45, 7) is 3.72. The van der Waals surface area contributed by atoms with E-state index in [1.165, 1.54) is 0 Å². The Morgan fingerprint density at radius 3 is 2.35 bits per heavy atom. The maximum Gasteiger partial charge on any atom is 0.500 e. The molecule has 20 heavy (non-hydrogen) atoms. The molecular formula is C14H28O5Si. The van der Waals surface area contributed by atoms with Crippen LogP contribution in [0.1, 0.15) is 26.2 Å². The van der Waals surface area contributed by atoms with Crippen LogP contribution in [0.25, 0.3) is 0 Å². The summed E-state index contributed by atoms with van der Waals surface area (Å²) in [5, 5.41) is 0. The van der Waals surface area contributed by atoms with E-state index in [1.807, 2.05) is 0 Å². The van der Waals surface area contributed by atoms with Crippen molar-refractivity contribution < 1.29 is 22.8 Å². The van der Waals surface area contributed by atoms with Gasteiger partial charge in [0.15, 0.2) is 0 Å². The van der Waals surface area contributed by atoms with Gasteiger partial charge in [0, 0.05) is 27.4 Å². The molecule has 118 valence electrons. The Labute approximate surface area is 123 Å². The molecule has 0 aromatic rings. The highest BCUT2D eigenvalue weighted by Crippen LogP contribution is 2.16. The molecule has 1 saturated heterocycles. The predicted molar refractivity (Wildman–Crippen MR) is 79.7 cm³/mol. The molecule has 0 N–H and O–H groups in total. The molecule has 0 saturated carbocycles. The second kappa shape index (κ2) is 9.65. The summed E-state index contributed by atoms with van der Waals surface area (Å²) < 4.78 is 27.1. The Bertz CT molecular complexity index is 268. The largest absolute Gasteiger partial charge is 0.500 e. The van der Waals surface area contributed by atoms with Crippen LogP contribution < -0.4 is 0 Å². The lowest BCUT2D eigenvalue weighted by Gasteiger charge is -2.23. The number of hydrogen-bond donors (Lipinski definition) is 0. The van der Waals surface area contributed by atoms with Crippen molar-refractivity contribution in [2.24, 2.45) is 0 Å². The third-order valence-electron chi connectivity index (χ3n) is 3.49. The van der Waals surface area contributed by atoms with Crippen molar-refractivity contribution in [3.8, 4) is 0 Å². The van der Waals surface area contributed by atoms with E-state index in [1.54, 1.807) is 21.3 Å². The first-order chi connectivity index (χ1) is 9.69. The predicted octanol–water partition coefficient (Wildman–Crippen LogP) is 2.39. The van der Waals surface area contributed by atoms with Gasteiger partial charge >= 0.3 is 8.80 Å². The molecule has 0 aliphatic carbocycles. The Morgan fingerprint density at radius 1 is 1.20 bits per heavy atom. The fraction of sp³-hybridized carbons (Fsp3) is 0.857. The maximum atomic E-state index is 5.78. The smallest absolute Gasteiger partial charge is 0.377 e. The van der Waals surface area contributed by atoms with Gasteiger partial charge < -0.3 is 22.8 Å². The molecule has 1 heterocycles. The molecule has 1 aliphatic heterocycles. The first-order valence-corrected chi connectivity index (χ1v) is 9.16. The first-order valence-electron chi connectivity index (χ1n) is 7.23. The minimum Gasteiger partial charge on any atom is -0.377 e. The van der Waals surface area contributed by atoms with Gasteiger partial charge in [-0.3, -0.25) is 0 Å². The zero-order valence-corrected chi connectivity index (χ0v) is 14.1. The number of rotatable bonds is 12. The molecule has 1 rings (SSSR count). The first kappa shape index (κ1) is 17.8. The highest BCUT2D eigenvalue weighted by molar-refractivity contribution is 6.60. The molecule has 1 aliphatic rings. The van der Waals surface area contributed by atoms with Crippen LogP contribution in [0.15, 0.2) is 12.2 Å². The van der Waals surface area contributed by atoms with Crippen LogP contribution in [0.3, 0.4) is 0 Å². The molecule has 2 atom stereocenters. The molecule has 0 aromatic heterocycles. The summed E-state index contributed by atoms with van der Waals surface area (Å²) in [5.41, 5.74) is 0. The summed E-state index contributed by atoms with van der Waals surface area (Å²) >= 11 is 0. The van der Waals surface area contributed by atoms with Gasteiger partial charge in [-0.15, -0.1) is 0 Å². The molecule has 1 fully saturated rings. The monoisotopic (exact) mass is 304 g/mol. The third kappa shape index (κ3) is 6.47. The molecule has 2 unspecified atom stereocenters. The number of ether oxygens (including phenoxy) is 2. The van der Waals surface area contributed by atoms with Gasteiger partial charge in [-0.05, 0) is 19.3 Å². The van der Waals surface area contributed by atoms with Crippen molar-refractivity contribution in [3.63, 3.8) is 0 Å². The van der Waals surface area contributed by atoms with Crippen LogP contribution >= 0.6 is 0 Å². The molecular weight excluding hydrogens is 276 g/mol. The highest BCUT2D eigenvalue weighted by Gasteiger charge is 2.36.